The van der Waals surface area contributed by atoms with Gasteiger partial charge in [-0.05, 0) is 68.7 Å². The highest BCUT2D eigenvalue weighted by molar-refractivity contribution is 6.02. The van der Waals surface area contributed by atoms with E-state index in [1.807, 2.05) is 20.9 Å². The molecule has 164 valence electrons. The number of benzene rings is 1. The topological polar surface area (TPSA) is 102 Å². The second-order valence-corrected chi connectivity index (χ2v) is 7.77. The van der Waals surface area contributed by atoms with Crippen molar-refractivity contribution in [3.8, 4) is 0 Å². The Labute approximate surface area is 185 Å². The second-order valence-electron chi connectivity index (χ2n) is 7.77. The Balaban J connectivity index is 1.42. The number of carbonyl (C=O) groups excluding carboxylic acids is 2. The molecule has 8 nitrogen and oxygen atoms in total. The van der Waals surface area contributed by atoms with Gasteiger partial charge in [-0.15, -0.1) is 0 Å². The zero-order valence-corrected chi connectivity index (χ0v) is 18.5. The van der Waals surface area contributed by atoms with E-state index in [1.165, 1.54) is 6.26 Å². The normalized spacial score (nSPS) is 11.0. The van der Waals surface area contributed by atoms with Crippen LogP contribution in [0.25, 0.3) is 11.0 Å². The van der Waals surface area contributed by atoms with Crippen molar-refractivity contribution in [2.75, 3.05) is 10.6 Å². The molecule has 32 heavy (non-hydrogen) atoms. The number of aryl methyl sites for hydroxylation is 4. The fourth-order valence-electron chi connectivity index (χ4n) is 3.97. The highest BCUT2D eigenvalue weighted by atomic mass is 16.3. The molecule has 3 heterocycles. The van der Waals surface area contributed by atoms with Gasteiger partial charge in [-0.25, -0.2) is 4.98 Å². The summed E-state index contributed by atoms with van der Waals surface area (Å²) in [6.07, 6.45) is 2.34. The minimum Gasteiger partial charge on any atom is -0.459 e. The predicted octanol–water partition coefficient (Wildman–Crippen LogP) is 4.31. The van der Waals surface area contributed by atoms with Crippen LogP contribution >= 0.6 is 0 Å². The lowest BCUT2D eigenvalue weighted by Crippen LogP contribution is -2.14. The average molecular weight is 431 g/mol. The van der Waals surface area contributed by atoms with Crippen LogP contribution in [-0.4, -0.2) is 26.6 Å². The van der Waals surface area contributed by atoms with Crippen LogP contribution in [0.3, 0.4) is 0 Å². The van der Waals surface area contributed by atoms with Crippen molar-refractivity contribution in [2.24, 2.45) is 7.05 Å². The second kappa shape index (κ2) is 8.66. The zero-order valence-electron chi connectivity index (χ0n) is 18.5. The molecule has 0 bridgehead atoms. The maximum absolute atomic E-state index is 12.6. The van der Waals surface area contributed by atoms with Gasteiger partial charge in [0.25, 0.3) is 5.91 Å². The number of hydrogen-bond donors (Lipinski definition) is 2. The molecule has 0 unspecified atom stereocenters. The van der Waals surface area contributed by atoms with Crippen LogP contribution < -0.4 is 10.6 Å². The number of anilines is 2. The molecule has 2 amide bonds. The fraction of sp³-hybridized carbons (Fsp3) is 0.250. The van der Waals surface area contributed by atoms with Crippen molar-refractivity contribution in [2.45, 2.75) is 33.6 Å². The number of nitrogens with one attached hydrogen (secondary N) is 2. The molecule has 0 fully saturated rings. The fourth-order valence-corrected chi connectivity index (χ4v) is 3.97. The molecule has 2 N–H and O–H groups in total. The van der Waals surface area contributed by atoms with Crippen LogP contribution in [0, 0.1) is 20.8 Å². The number of carbonyl (C=O) groups is 2. The maximum Gasteiger partial charge on any atom is 0.291 e. The molecule has 0 aliphatic heterocycles. The Morgan fingerprint density at radius 2 is 1.78 bits per heavy atom. The summed E-state index contributed by atoms with van der Waals surface area (Å²) in [5.74, 6) is -0.237. The Kier molecular flexibility index (Phi) is 5.77. The van der Waals surface area contributed by atoms with Gasteiger partial charge in [0.1, 0.15) is 0 Å². The third-order valence-electron chi connectivity index (χ3n) is 5.48. The van der Waals surface area contributed by atoms with Crippen molar-refractivity contribution in [1.82, 2.24) is 14.8 Å². The summed E-state index contributed by atoms with van der Waals surface area (Å²) >= 11 is 0. The highest BCUT2D eigenvalue weighted by Crippen LogP contribution is 2.26. The number of amides is 2. The van der Waals surface area contributed by atoms with E-state index in [-0.39, 0.29) is 17.6 Å². The molecule has 3 aromatic heterocycles. The first-order chi connectivity index (χ1) is 15.3. The summed E-state index contributed by atoms with van der Waals surface area (Å²) in [7, 11) is 1.89. The van der Waals surface area contributed by atoms with Crippen molar-refractivity contribution in [1.29, 1.82) is 0 Å². The quantitative estimate of drug-likeness (QED) is 0.474. The first-order valence-electron chi connectivity index (χ1n) is 10.4. The molecule has 0 aliphatic rings. The molecule has 8 heteroatoms. The van der Waals surface area contributed by atoms with Crippen LogP contribution in [0.2, 0.25) is 0 Å². The van der Waals surface area contributed by atoms with E-state index < -0.39 is 0 Å². The van der Waals surface area contributed by atoms with E-state index in [0.717, 1.165) is 33.5 Å². The smallest absolute Gasteiger partial charge is 0.291 e. The van der Waals surface area contributed by atoms with Gasteiger partial charge < -0.3 is 15.1 Å². The first kappa shape index (κ1) is 21.3. The Morgan fingerprint density at radius 3 is 2.50 bits per heavy atom. The van der Waals surface area contributed by atoms with E-state index in [0.29, 0.717) is 24.2 Å². The molecular formula is C24H25N5O3. The van der Waals surface area contributed by atoms with Crippen molar-refractivity contribution in [3.05, 3.63) is 70.9 Å². The SMILES string of the molecule is Cc1nc2c(c(C)nn2C)c(C)c1CCC(=O)Nc1cccc(NC(=O)c2ccco2)c1. The van der Waals surface area contributed by atoms with Crippen LogP contribution in [0.15, 0.2) is 47.1 Å². The third kappa shape index (κ3) is 4.25. The lowest BCUT2D eigenvalue weighted by Gasteiger charge is -2.12. The number of fused-ring (bicyclic) bond motifs is 1. The molecule has 0 spiro atoms. The standard InChI is InChI=1S/C24H25N5O3/c1-14-19(15(2)25-23-22(14)16(3)28-29(23)4)10-11-21(30)26-17-7-5-8-18(13-17)27-24(31)20-9-6-12-32-20/h5-9,12-13H,10-11H2,1-4H3,(H,26,30)(H,27,31). The lowest BCUT2D eigenvalue weighted by atomic mass is 9.99. The van der Waals surface area contributed by atoms with Gasteiger partial charge in [-0.3, -0.25) is 14.3 Å². The van der Waals surface area contributed by atoms with E-state index in [1.54, 1.807) is 41.1 Å². The van der Waals surface area contributed by atoms with Crippen molar-refractivity contribution < 1.29 is 14.0 Å². The maximum atomic E-state index is 12.6. The van der Waals surface area contributed by atoms with Crippen LogP contribution in [0.4, 0.5) is 11.4 Å². The summed E-state index contributed by atoms with van der Waals surface area (Å²) in [5, 5.41) is 11.2. The molecule has 0 saturated carbocycles. The van der Waals surface area contributed by atoms with Gasteiger partial charge in [-0.2, -0.15) is 5.10 Å². The average Bonchev–Trinajstić information content (AvgIpc) is 3.37. The number of hydrogen-bond acceptors (Lipinski definition) is 5. The van der Waals surface area contributed by atoms with Crippen molar-refractivity contribution in [3.63, 3.8) is 0 Å². The minimum atomic E-state index is -0.349. The zero-order chi connectivity index (χ0) is 22.8. The largest absolute Gasteiger partial charge is 0.459 e. The molecule has 0 atom stereocenters. The Hall–Kier alpha value is -3.94. The summed E-state index contributed by atoms with van der Waals surface area (Å²) in [6.45, 7) is 6.00. The molecule has 0 radical (unpaired) electrons. The summed E-state index contributed by atoms with van der Waals surface area (Å²) < 4.78 is 6.89. The van der Waals surface area contributed by atoms with E-state index in [9.17, 15) is 9.59 Å². The number of pyridine rings is 1. The van der Waals surface area contributed by atoms with Gasteiger partial charge in [0.2, 0.25) is 5.91 Å². The molecular weight excluding hydrogens is 406 g/mol. The molecule has 4 rings (SSSR count). The van der Waals surface area contributed by atoms with Gasteiger partial charge in [-0.1, -0.05) is 6.07 Å². The van der Waals surface area contributed by atoms with Gasteiger partial charge >= 0.3 is 0 Å². The minimum absolute atomic E-state index is 0.110. The van der Waals surface area contributed by atoms with E-state index in [4.69, 9.17) is 9.40 Å². The summed E-state index contributed by atoms with van der Waals surface area (Å²) in [4.78, 5) is 29.5. The Morgan fingerprint density at radius 1 is 1.03 bits per heavy atom. The van der Waals surface area contributed by atoms with Gasteiger partial charge in [0.15, 0.2) is 11.4 Å². The Bertz CT molecular complexity index is 1310. The predicted molar refractivity (Wildman–Crippen MR) is 123 cm³/mol. The first-order valence-corrected chi connectivity index (χ1v) is 10.4. The molecule has 0 saturated heterocycles. The molecule has 0 aliphatic carbocycles. The molecule has 4 aromatic rings. The lowest BCUT2D eigenvalue weighted by molar-refractivity contribution is -0.116. The van der Waals surface area contributed by atoms with E-state index >= 15 is 0 Å². The number of aromatic nitrogens is 3. The monoisotopic (exact) mass is 431 g/mol. The van der Waals surface area contributed by atoms with Crippen LogP contribution in [0.5, 0.6) is 0 Å². The highest BCUT2D eigenvalue weighted by Gasteiger charge is 2.16. The van der Waals surface area contributed by atoms with Crippen LogP contribution in [-0.2, 0) is 18.3 Å². The summed E-state index contributed by atoms with van der Waals surface area (Å²) in [6, 6.07) is 10.2. The van der Waals surface area contributed by atoms with E-state index in [2.05, 4.69) is 22.7 Å². The van der Waals surface area contributed by atoms with Crippen LogP contribution in [0.1, 0.15) is 39.5 Å². The summed E-state index contributed by atoms with van der Waals surface area (Å²) in [5.41, 5.74) is 6.07. The third-order valence-corrected chi connectivity index (χ3v) is 5.48. The van der Waals surface area contributed by atoms with Gasteiger partial charge in [0, 0.05) is 35.9 Å². The number of furan rings is 1. The van der Waals surface area contributed by atoms with Gasteiger partial charge in [0.05, 0.1) is 12.0 Å². The van der Waals surface area contributed by atoms with Crippen molar-refractivity contribution >= 4 is 34.2 Å². The molecule has 1 aromatic carbocycles. The number of nitrogens with zero attached hydrogens (tertiary/aromatic N) is 3. The number of rotatable bonds is 6.